The van der Waals surface area contributed by atoms with Crippen LogP contribution in [0.15, 0.2) is 24.3 Å². The van der Waals surface area contributed by atoms with Crippen molar-refractivity contribution in [3.05, 3.63) is 45.4 Å². The highest BCUT2D eigenvalue weighted by Gasteiger charge is 2.03. The van der Waals surface area contributed by atoms with Gasteiger partial charge in [0.25, 0.3) is 0 Å². The summed E-state index contributed by atoms with van der Waals surface area (Å²) in [5.74, 6) is 0.933. The fourth-order valence-corrected chi connectivity index (χ4v) is 2.74. The van der Waals surface area contributed by atoms with Crippen molar-refractivity contribution in [1.29, 1.82) is 0 Å². The molecule has 0 saturated carbocycles. The summed E-state index contributed by atoms with van der Waals surface area (Å²) in [5.41, 5.74) is 2.37. The molecule has 3 nitrogen and oxygen atoms in total. The molecule has 4 heteroatoms. The lowest BCUT2D eigenvalue weighted by Crippen LogP contribution is -2.12. The summed E-state index contributed by atoms with van der Waals surface area (Å²) >= 11 is 1.76. The van der Waals surface area contributed by atoms with Gasteiger partial charge in [-0.05, 0) is 38.5 Å². The summed E-state index contributed by atoms with van der Waals surface area (Å²) < 4.78 is 5.49. The highest BCUT2D eigenvalue weighted by atomic mass is 32.1. The first-order valence-electron chi connectivity index (χ1n) is 6.54. The van der Waals surface area contributed by atoms with Gasteiger partial charge in [-0.3, -0.25) is 0 Å². The van der Waals surface area contributed by atoms with E-state index < -0.39 is 0 Å². The van der Waals surface area contributed by atoms with Gasteiger partial charge in [-0.2, -0.15) is 0 Å². The lowest BCUT2D eigenvalue weighted by Gasteiger charge is -2.06. The molecule has 19 heavy (non-hydrogen) atoms. The minimum atomic E-state index is 0.703. The summed E-state index contributed by atoms with van der Waals surface area (Å²) in [6, 6.07) is 8.20. The smallest absolute Gasteiger partial charge is 0.119 e. The van der Waals surface area contributed by atoms with Gasteiger partial charge >= 0.3 is 0 Å². The highest BCUT2D eigenvalue weighted by Crippen LogP contribution is 2.17. The molecule has 0 amide bonds. The molecule has 0 atom stereocenters. The zero-order valence-corrected chi connectivity index (χ0v) is 12.5. The van der Waals surface area contributed by atoms with Gasteiger partial charge < -0.3 is 10.1 Å². The van der Waals surface area contributed by atoms with Gasteiger partial charge in [0.1, 0.15) is 10.8 Å². The largest absolute Gasteiger partial charge is 0.494 e. The standard InChI is InChI=1S/C15H20N2OS/c1-4-18-14-7-5-6-13(8-14)9-16-10-15-17-11(2)12(3)19-15/h5-8,16H,4,9-10H2,1-3H3. The van der Waals surface area contributed by atoms with Crippen LogP contribution in [0.25, 0.3) is 0 Å². The molecule has 0 bridgehead atoms. The van der Waals surface area contributed by atoms with E-state index in [4.69, 9.17) is 4.74 Å². The summed E-state index contributed by atoms with van der Waals surface area (Å²) in [5, 5.41) is 4.57. The lowest BCUT2D eigenvalue weighted by atomic mass is 10.2. The molecule has 1 aromatic heterocycles. The van der Waals surface area contributed by atoms with Crippen LogP contribution in [0.4, 0.5) is 0 Å². The second kappa shape index (κ2) is 6.68. The Bertz CT molecular complexity index is 517. The van der Waals surface area contributed by atoms with Crippen LogP contribution in [0, 0.1) is 13.8 Å². The fraction of sp³-hybridized carbons (Fsp3) is 0.400. The Balaban J connectivity index is 1.86. The van der Waals surface area contributed by atoms with Crippen LogP contribution in [-0.2, 0) is 13.1 Å². The van der Waals surface area contributed by atoms with Crippen molar-refractivity contribution in [1.82, 2.24) is 10.3 Å². The van der Waals surface area contributed by atoms with E-state index in [9.17, 15) is 0 Å². The number of aryl methyl sites for hydroxylation is 2. The van der Waals surface area contributed by atoms with E-state index in [0.29, 0.717) is 6.61 Å². The van der Waals surface area contributed by atoms with Gasteiger partial charge in [0.2, 0.25) is 0 Å². The predicted octanol–water partition coefficient (Wildman–Crippen LogP) is 3.45. The molecule has 0 aliphatic rings. The zero-order chi connectivity index (χ0) is 13.7. The van der Waals surface area contributed by atoms with Crippen molar-refractivity contribution < 1.29 is 4.74 Å². The number of nitrogens with one attached hydrogen (secondary N) is 1. The molecule has 0 unspecified atom stereocenters. The van der Waals surface area contributed by atoms with E-state index in [1.165, 1.54) is 10.4 Å². The molecule has 1 aromatic carbocycles. The van der Waals surface area contributed by atoms with E-state index in [1.54, 1.807) is 11.3 Å². The van der Waals surface area contributed by atoms with Crippen LogP contribution < -0.4 is 10.1 Å². The quantitative estimate of drug-likeness (QED) is 0.877. The van der Waals surface area contributed by atoms with E-state index in [-0.39, 0.29) is 0 Å². The van der Waals surface area contributed by atoms with Crippen LogP contribution in [0.2, 0.25) is 0 Å². The number of hydrogen-bond acceptors (Lipinski definition) is 4. The number of nitrogens with zero attached hydrogens (tertiary/aromatic N) is 1. The predicted molar refractivity (Wildman–Crippen MR) is 79.7 cm³/mol. The third kappa shape index (κ3) is 4.04. The maximum Gasteiger partial charge on any atom is 0.119 e. The van der Waals surface area contributed by atoms with Gasteiger partial charge in [0.15, 0.2) is 0 Å². The van der Waals surface area contributed by atoms with E-state index in [2.05, 4.69) is 36.3 Å². The van der Waals surface area contributed by atoms with Crippen molar-refractivity contribution in [3.8, 4) is 5.75 Å². The first kappa shape index (κ1) is 14.0. The summed E-state index contributed by atoms with van der Waals surface area (Å²) in [6.45, 7) is 8.52. The highest BCUT2D eigenvalue weighted by molar-refractivity contribution is 7.11. The monoisotopic (exact) mass is 276 g/mol. The average Bonchev–Trinajstić information content (AvgIpc) is 2.70. The van der Waals surface area contributed by atoms with Gasteiger partial charge in [-0.1, -0.05) is 12.1 Å². The van der Waals surface area contributed by atoms with Crippen LogP contribution in [0.1, 0.15) is 28.1 Å². The Morgan fingerprint density at radius 1 is 1.26 bits per heavy atom. The van der Waals surface area contributed by atoms with Gasteiger partial charge in [0.05, 0.1) is 12.3 Å². The number of ether oxygens (including phenoxy) is 1. The number of thiazole rings is 1. The Labute approximate surface area is 118 Å². The van der Waals surface area contributed by atoms with E-state index in [0.717, 1.165) is 29.5 Å². The SMILES string of the molecule is CCOc1cccc(CNCc2nc(C)c(C)s2)c1. The second-order valence-corrected chi connectivity index (χ2v) is 5.72. The molecule has 102 valence electrons. The maximum atomic E-state index is 5.49. The minimum Gasteiger partial charge on any atom is -0.494 e. The van der Waals surface area contributed by atoms with Gasteiger partial charge in [-0.25, -0.2) is 4.98 Å². The van der Waals surface area contributed by atoms with Crippen LogP contribution in [0.3, 0.4) is 0 Å². The van der Waals surface area contributed by atoms with Gasteiger partial charge in [0, 0.05) is 18.0 Å². The Kier molecular flexibility index (Phi) is 4.93. The zero-order valence-electron chi connectivity index (χ0n) is 11.7. The van der Waals surface area contributed by atoms with Crippen LogP contribution in [0.5, 0.6) is 5.75 Å². The number of benzene rings is 1. The molecule has 0 aliphatic heterocycles. The van der Waals surface area contributed by atoms with Crippen molar-refractivity contribution in [2.24, 2.45) is 0 Å². The van der Waals surface area contributed by atoms with E-state index in [1.807, 2.05) is 19.1 Å². The fourth-order valence-electron chi connectivity index (χ4n) is 1.84. The summed E-state index contributed by atoms with van der Waals surface area (Å²) in [4.78, 5) is 5.82. The van der Waals surface area contributed by atoms with Crippen LogP contribution in [-0.4, -0.2) is 11.6 Å². The third-order valence-corrected chi connectivity index (χ3v) is 3.96. The Hall–Kier alpha value is -1.39. The molecular formula is C15H20N2OS. The van der Waals surface area contributed by atoms with Crippen molar-refractivity contribution >= 4 is 11.3 Å². The molecule has 0 saturated heterocycles. The lowest BCUT2D eigenvalue weighted by molar-refractivity contribution is 0.340. The normalized spacial score (nSPS) is 10.7. The molecule has 0 spiro atoms. The van der Waals surface area contributed by atoms with E-state index >= 15 is 0 Å². The topological polar surface area (TPSA) is 34.1 Å². The first-order valence-corrected chi connectivity index (χ1v) is 7.36. The molecule has 0 radical (unpaired) electrons. The third-order valence-electron chi connectivity index (χ3n) is 2.89. The minimum absolute atomic E-state index is 0.703. The molecule has 2 rings (SSSR count). The Morgan fingerprint density at radius 3 is 2.79 bits per heavy atom. The van der Waals surface area contributed by atoms with Crippen molar-refractivity contribution in [3.63, 3.8) is 0 Å². The number of aromatic nitrogens is 1. The molecule has 1 heterocycles. The Morgan fingerprint density at radius 2 is 2.11 bits per heavy atom. The average molecular weight is 276 g/mol. The molecule has 1 N–H and O–H groups in total. The van der Waals surface area contributed by atoms with Crippen LogP contribution >= 0.6 is 11.3 Å². The first-order chi connectivity index (χ1) is 9.19. The number of rotatable bonds is 6. The summed E-state index contributed by atoms with van der Waals surface area (Å²) in [7, 11) is 0. The molecular weight excluding hydrogens is 256 g/mol. The van der Waals surface area contributed by atoms with Crippen molar-refractivity contribution in [2.75, 3.05) is 6.61 Å². The molecule has 2 aromatic rings. The second-order valence-electron chi connectivity index (χ2n) is 4.43. The van der Waals surface area contributed by atoms with Crippen molar-refractivity contribution in [2.45, 2.75) is 33.9 Å². The molecule has 0 fully saturated rings. The van der Waals surface area contributed by atoms with Gasteiger partial charge in [-0.15, -0.1) is 11.3 Å². The maximum absolute atomic E-state index is 5.49. The summed E-state index contributed by atoms with van der Waals surface area (Å²) in [6.07, 6.45) is 0. The number of hydrogen-bond donors (Lipinski definition) is 1. The molecule has 0 aliphatic carbocycles.